The minimum Gasteiger partial charge on any atom is -0.324 e. The highest BCUT2D eigenvalue weighted by Gasteiger charge is 2.58. The van der Waals surface area contributed by atoms with Crippen LogP contribution in [-0.2, 0) is 4.79 Å². The number of hydrogen-bond donors (Lipinski definition) is 1. The Kier molecular flexibility index (Phi) is 2.96. The molecule has 0 bridgehead atoms. The van der Waals surface area contributed by atoms with E-state index in [1.54, 1.807) is 5.57 Å². The van der Waals surface area contributed by atoms with Gasteiger partial charge in [0.1, 0.15) is 5.78 Å². The summed E-state index contributed by atoms with van der Waals surface area (Å²) in [4.78, 5) is 12.4. The van der Waals surface area contributed by atoms with Crippen molar-refractivity contribution in [1.29, 1.82) is 0 Å². The fourth-order valence-electron chi connectivity index (χ4n) is 6.53. The van der Waals surface area contributed by atoms with Crippen molar-refractivity contribution in [3.8, 4) is 0 Å². The van der Waals surface area contributed by atoms with Crippen molar-refractivity contribution in [1.82, 2.24) is 0 Å². The van der Waals surface area contributed by atoms with Gasteiger partial charge in [0.2, 0.25) is 0 Å². The Hall–Kier alpha value is -0.630. The first kappa shape index (κ1) is 14.0. The quantitative estimate of drug-likeness (QED) is 0.688. The molecule has 6 atom stereocenters. The summed E-state index contributed by atoms with van der Waals surface area (Å²) in [5.74, 6) is 2.81. The van der Waals surface area contributed by atoms with E-state index in [-0.39, 0.29) is 11.5 Å². The van der Waals surface area contributed by atoms with E-state index in [9.17, 15) is 4.79 Å². The maximum absolute atomic E-state index is 12.4. The molecule has 2 heteroatoms. The van der Waals surface area contributed by atoms with Gasteiger partial charge in [0.25, 0.3) is 0 Å². The van der Waals surface area contributed by atoms with E-state index in [4.69, 9.17) is 5.73 Å². The minimum absolute atomic E-state index is 0.0177. The Morgan fingerprint density at radius 3 is 2.52 bits per heavy atom. The first-order valence-corrected chi connectivity index (χ1v) is 8.95. The Labute approximate surface area is 128 Å². The predicted molar refractivity (Wildman–Crippen MR) is 84.7 cm³/mol. The Balaban J connectivity index is 1.69. The summed E-state index contributed by atoms with van der Waals surface area (Å²) in [6.07, 6.45) is 11.7. The molecule has 2 N–H and O–H groups in total. The first-order valence-electron chi connectivity index (χ1n) is 8.95. The molecule has 0 aromatic heterocycles. The monoisotopic (exact) mass is 287 g/mol. The highest BCUT2D eigenvalue weighted by Crippen LogP contribution is 2.64. The summed E-state index contributed by atoms with van der Waals surface area (Å²) in [7, 11) is 0. The maximum atomic E-state index is 12.4. The number of allylic oxidation sites excluding steroid dienone is 1. The van der Waals surface area contributed by atoms with E-state index in [1.807, 2.05) is 0 Å². The number of nitrogens with two attached hydrogens (primary N) is 1. The van der Waals surface area contributed by atoms with Gasteiger partial charge in [-0.2, -0.15) is 0 Å². The van der Waals surface area contributed by atoms with Gasteiger partial charge in [0.15, 0.2) is 0 Å². The van der Waals surface area contributed by atoms with Crippen LogP contribution < -0.4 is 5.73 Å². The molecule has 0 heterocycles. The number of carbonyl (C=O) groups excluding carboxylic acids is 1. The molecule has 0 amide bonds. The van der Waals surface area contributed by atoms with Gasteiger partial charge in [-0.25, -0.2) is 0 Å². The predicted octanol–water partition coefficient (Wildman–Crippen LogP) is 3.85. The number of Topliss-reactive ketones (excluding diaryl/α,β-unsaturated/α-hetero) is 1. The Morgan fingerprint density at radius 1 is 1.00 bits per heavy atom. The van der Waals surface area contributed by atoms with Crippen LogP contribution in [0.25, 0.3) is 0 Å². The SMILES string of the molecule is C[C@]12CCC(N)C=C1CC[C@@H]1[C@H]2CC[C@]2(C)C(=O)CC[C@@H]12. The molecule has 4 aliphatic carbocycles. The molecule has 3 saturated carbocycles. The van der Waals surface area contributed by atoms with Gasteiger partial charge in [0.05, 0.1) is 0 Å². The minimum atomic E-state index is 0.0177. The molecule has 2 nitrogen and oxygen atoms in total. The van der Waals surface area contributed by atoms with Gasteiger partial charge in [-0.1, -0.05) is 25.5 Å². The molecule has 3 fully saturated rings. The third kappa shape index (κ3) is 1.78. The molecule has 21 heavy (non-hydrogen) atoms. The average Bonchev–Trinajstić information content (AvgIpc) is 2.76. The zero-order valence-corrected chi connectivity index (χ0v) is 13.5. The smallest absolute Gasteiger partial charge is 0.139 e. The standard InChI is InChI=1S/C19H29NO/c1-18-9-7-13(20)11-12(18)3-4-14-15-5-6-17(21)19(15,2)10-8-16(14)18/h11,13-16H,3-10,20H2,1-2H3/t13?,14-,15-,16+,18-,19-/m0/s1. The van der Waals surface area contributed by atoms with Gasteiger partial charge in [-0.3, -0.25) is 4.79 Å². The highest BCUT2D eigenvalue weighted by atomic mass is 16.1. The molecule has 0 radical (unpaired) electrons. The lowest BCUT2D eigenvalue weighted by atomic mass is 9.47. The molecule has 0 aromatic rings. The second kappa shape index (κ2) is 4.44. The van der Waals surface area contributed by atoms with E-state index in [0.717, 1.165) is 37.5 Å². The molecular formula is C19H29NO. The maximum Gasteiger partial charge on any atom is 0.139 e. The van der Waals surface area contributed by atoms with Gasteiger partial charge >= 0.3 is 0 Å². The molecule has 1 unspecified atom stereocenters. The van der Waals surface area contributed by atoms with Gasteiger partial charge in [0, 0.05) is 17.9 Å². The van der Waals surface area contributed by atoms with Crippen LogP contribution in [0.2, 0.25) is 0 Å². The van der Waals surface area contributed by atoms with Crippen molar-refractivity contribution < 1.29 is 4.79 Å². The second-order valence-electron chi connectivity index (χ2n) is 8.65. The van der Waals surface area contributed by atoms with E-state index < -0.39 is 0 Å². The van der Waals surface area contributed by atoms with Crippen LogP contribution in [0.5, 0.6) is 0 Å². The van der Waals surface area contributed by atoms with Gasteiger partial charge in [-0.05, 0) is 68.1 Å². The number of hydrogen-bond acceptors (Lipinski definition) is 2. The first-order chi connectivity index (χ1) is 9.95. The third-order valence-corrected chi connectivity index (χ3v) is 7.86. The molecule has 4 aliphatic rings. The number of carbonyl (C=O) groups is 1. The molecular weight excluding hydrogens is 258 g/mol. The van der Waals surface area contributed by atoms with E-state index in [1.165, 1.54) is 25.7 Å². The van der Waals surface area contributed by atoms with Crippen molar-refractivity contribution in [2.75, 3.05) is 0 Å². The van der Waals surface area contributed by atoms with Crippen molar-refractivity contribution in [3.63, 3.8) is 0 Å². The van der Waals surface area contributed by atoms with E-state index in [2.05, 4.69) is 19.9 Å². The molecule has 0 spiro atoms. The molecule has 0 saturated heterocycles. The van der Waals surface area contributed by atoms with Gasteiger partial charge in [-0.15, -0.1) is 0 Å². The van der Waals surface area contributed by atoms with Crippen LogP contribution in [0.3, 0.4) is 0 Å². The van der Waals surface area contributed by atoms with Crippen LogP contribution in [0.4, 0.5) is 0 Å². The fraction of sp³-hybridized carbons (Fsp3) is 0.842. The summed E-state index contributed by atoms with van der Waals surface area (Å²) in [6.45, 7) is 4.77. The molecule has 0 aliphatic heterocycles. The largest absolute Gasteiger partial charge is 0.324 e. The molecule has 0 aromatic carbocycles. The average molecular weight is 287 g/mol. The van der Waals surface area contributed by atoms with Crippen LogP contribution in [0.1, 0.15) is 65.2 Å². The zero-order chi connectivity index (χ0) is 14.8. The Morgan fingerprint density at radius 2 is 1.71 bits per heavy atom. The number of rotatable bonds is 0. The summed E-state index contributed by atoms with van der Waals surface area (Å²) >= 11 is 0. The summed E-state index contributed by atoms with van der Waals surface area (Å²) < 4.78 is 0. The normalized spacial score (nSPS) is 52.7. The van der Waals surface area contributed by atoms with Crippen molar-refractivity contribution >= 4 is 5.78 Å². The van der Waals surface area contributed by atoms with E-state index >= 15 is 0 Å². The fourth-order valence-corrected chi connectivity index (χ4v) is 6.53. The van der Waals surface area contributed by atoms with E-state index in [0.29, 0.717) is 17.1 Å². The summed E-state index contributed by atoms with van der Waals surface area (Å²) in [6, 6.07) is 0.284. The lowest BCUT2D eigenvalue weighted by molar-refractivity contribution is -0.132. The van der Waals surface area contributed by atoms with Crippen molar-refractivity contribution in [2.24, 2.45) is 34.3 Å². The number of fused-ring (bicyclic) bond motifs is 5. The van der Waals surface area contributed by atoms with Crippen LogP contribution in [0.15, 0.2) is 11.6 Å². The third-order valence-electron chi connectivity index (χ3n) is 7.86. The number of ketones is 1. The summed E-state index contributed by atoms with van der Waals surface area (Å²) in [5, 5.41) is 0. The van der Waals surface area contributed by atoms with Crippen LogP contribution in [-0.4, -0.2) is 11.8 Å². The van der Waals surface area contributed by atoms with Crippen LogP contribution in [0, 0.1) is 28.6 Å². The van der Waals surface area contributed by atoms with Gasteiger partial charge < -0.3 is 5.73 Å². The lowest BCUT2D eigenvalue weighted by Gasteiger charge is -2.57. The zero-order valence-electron chi connectivity index (χ0n) is 13.5. The molecule has 116 valence electrons. The second-order valence-corrected chi connectivity index (χ2v) is 8.65. The van der Waals surface area contributed by atoms with Crippen LogP contribution >= 0.6 is 0 Å². The lowest BCUT2D eigenvalue weighted by Crippen LogP contribution is -2.51. The van der Waals surface area contributed by atoms with Crippen molar-refractivity contribution in [2.45, 2.75) is 71.3 Å². The highest BCUT2D eigenvalue weighted by molar-refractivity contribution is 5.87. The molecule has 4 rings (SSSR count). The topological polar surface area (TPSA) is 43.1 Å². The van der Waals surface area contributed by atoms with Crippen molar-refractivity contribution in [3.05, 3.63) is 11.6 Å². The summed E-state index contributed by atoms with van der Waals surface area (Å²) in [5.41, 5.74) is 8.22. The Bertz CT molecular complexity index is 510.